The number of anilines is 1. The zero-order valence-corrected chi connectivity index (χ0v) is 21.8. The standard InChI is InChI=1S/C19H28N4O12P2/c1-4-31-13(32-5-2)7-6-11-8-23(17-14(11)16(20)21-10-22-17)18-19(3,25)15(24)12(34-18)9-33-37(29,30)35-36(26,27)28/h8,10,12-13,15,18,24-25H,4-5,9H2,1-3H3,(H,29,30)(H2,20,21,22)(H2,26,27,28)/t12-,15-,18-,19-/m1/s1. The van der Waals surface area contributed by atoms with Gasteiger partial charge in [-0.1, -0.05) is 5.92 Å². The van der Waals surface area contributed by atoms with Crippen LogP contribution in [0.25, 0.3) is 11.0 Å². The third-order valence-electron chi connectivity index (χ3n) is 5.22. The summed E-state index contributed by atoms with van der Waals surface area (Å²) >= 11 is 0. The molecule has 0 amide bonds. The van der Waals surface area contributed by atoms with Gasteiger partial charge in [-0.25, -0.2) is 19.1 Å². The summed E-state index contributed by atoms with van der Waals surface area (Å²) in [6.45, 7) is 4.65. The Morgan fingerprint density at radius 1 is 1.24 bits per heavy atom. The normalized spacial score (nSPS) is 25.8. The van der Waals surface area contributed by atoms with Crippen LogP contribution in [0.5, 0.6) is 0 Å². The Labute approximate surface area is 211 Å². The van der Waals surface area contributed by atoms with Crippen molar-refractivity contribution in [3.05, 3.63) is 18.1 Å². The number of nitrogen functional groups attached to an aromatic ring is 1. The lowest BCUT2D eigenvalue weighted by atomic mass is 9.96. The van der Waals surface area contributed by atoms with Gasteiger partial charge in [0.2, 0.25) is 6.29 Å². The number of nitrogens with two attached hydrogens (primary N) is 1. The Morgan fingerprint density at radius 2 is 1.89 bits per heavy atom. The Hall–Kier alpha value is -1.96. The minimum absolute atomic E-state index is 0.0753. The van der Waals surface area contributed by atoms with Crippen molar-refractivity contribution in [2.75, 3.05) is 25.6 Å². The minimum atomic E-state index is -5.35. The van der Waals surface area contributed by atoms with Crippen molar-refractivity contribution in [2.24, 2.45) is 0 Å². The molecule has 1 aliphatic rings. The van der Waals surface area contributed by atoms with Crippen molar-refractivity contribution < 1.29 is 57.1 Å². The lowest BCUT2D eigenvalue weighted by Crippen LogP contribution is -2.44. The van der Waals surface area contributed by atoms with Crippen molar-refractivity contribution in [3.63, 3.8) is 0 Å². The third kappa shape index (κ3) is 6.92. The fourth-order valence-electron chi connectivity index (χ4n) is 3.66. The second kappa shape index (κ2) is 11.4. The molecule has 7 N–H and O–H groups in total. The monoisotopic (exact) mass is 566 g/mol. The van der Waals surface area contributed by atoms with E-state index in [-0.39, 0.29) is 11.5 Å². The highest BCUT2D eigenvalue weighted by atomic mass is 31.3. The van der Waals surface area contributed by atoms with Crippen LogP contribution in [0.2, 0.25) is 0 Å². The van der Waals surface area contributed by atoms with Gasteiger partial charge in [0, 0.05) is 19.4 Å². The Kier molecular flexibility index (Phi) is 9.14. The van der Waals surface area contributed by atoms with Gasteiger partial charge in [0.25, 0.3) is 0 Å². The van der Waals surface area contributed by atoms with Crippen LogP contribution in [0.1, 0.15) is 32.6 Å². The molecule has 18 heteroatoms. The van der Waals surface area contributed by atoms with E-state index < -0.39 is 52.6 Å². The molecule has 1 fully saturated rings. The van der Waals surface area contributed by atoms with Crippen LogP contribution in [0.4, 0.5) is 5.82 Å². The smallest absolute Gasteiger partial charge is 0.387 e. The highest BCUT2D eigenvalue weighted by Crippen LogP contribution is 2.58. The number of aliphatic hydroxyl groups is 2. The van der Waals surface area contributed by atoms with Crippen molar-refractivity contribution in [1.82, 2.24) is 14.5 Å². The summed E-state index contributed by atoms with van der Waals surface area (Å²) in [7, 11) is -10.6. The van der Waals surface area contributed by atoms with E-state index in [0.29, 0.717) is 24.2 Å². The van der Waals surface area contributed by atoms with E-state index in [9.17, 15) is 24.2 Å². The van der Waals surface area contributed by atoms with Crippen LogP contribution in [0.15, 0.2) is 12.5 Å². The molecule has 1 unspecified atom stereocenters. The lowest BCUT2D eigenvalue weighted by Gasteiger charge is -2.27. The second-order valence-electron chi connectivity index (χ2n) is 7.95. The Bertz CT molecular complexity index is 1260. The molecule has 16 nitrogen and oxygen atoms in total. The predicted octanol–water partition coefficient (Wildman–Crippen LogP) is -0.000300. The Balaban J connectivity index is 1.95. The van der Waals surface area contributed by atoms with Crippen LogP contribution in [0.3, 0.4) is 0 Å². The maximum atomic E-state index is 11.8. The fraction of sp³-hybridized carbons (Fsp3) is 0.579. The van der Waals surface area contributed by atoms with Crippen LogP contribution in [-0.2, 0) is 32.2 Å². The molecule has 0 spiro atoms. The number of phosphoric acid groups is 2. The summed E-state index contributed by atoms with van der Waals surface area (Å²) in [6, 6.07) is 0. The molecule has 5 atom stereocenters. The highest BCUT2D eigenvalue weighted by molar-refractivity contribution is 7.60. The first-order valence-electron chi connectivity index (χ1n) is 10.9. The SMILES string of the molecule is CCOC(C#Cc1cn([C@@H]2O[C@H](COP(=O)(O)OP(=O)(O)O)[C@@H](O)[C@@]2(C)O)c2ncnc(N)c12)OCC. The van der Waals surface area contributed by atoms with Crippen molar-refractivity contribution in [3.8, 4) is 11.8 Å². The van der Waals surface area contributed by atoms with Gasteiger partial charge < -0.3 is 49.4 Å². The van der Waals surface area contributed by atoms with Crippen LogP contribution < -0.4 is 5.73 Å². The van der Waals surface area contributed by atoms with E-state index in [4.69, 9.17) is 29.7 Å². The summed E-state index contributed by atoms with van der Waals surface area (Å²) in [4.78, 5) is 35.2. The van der Waals surface area contributed by atoms with Crippen LogP contribution in [0, 0.1) is 11.8 Å². The molecular formula is C19H28N4O12P2. The molecule has 1 aliphatic heterocycles. The van der Waals surface area contributed by atoms with Gasteiger partial charge in [0.05, 0.1) is 17.6 Å². The van der Waals surface area contributed by atoms with E-state index >= 15 is 0 Å². The number of rotatable bonds is 10. The van der Waals surface area contributed by atoms with Gasteiger partial charge in [0.1, 0.15) is 35.6 Å². The van der Waals surface area contributed by atoms with Gasteiger partial charge in [0.15, 0.2) is 6.23 Å². The number of hydrogen-bond acceptors (Lipinski definition) is 12. The zero-order valence-electron chi connectivity index (χ0n) is 20.0. The minimum Gasteiger partial charge on any atom is -0.387 e. The number of hydrogen-bond donors (Lipinski definition) is 6. The first-order valence-corrected chi connectivity index (χ1v) is 13.9. The number of fused-ring (bicyclic) bond motifs is 1. The highest BCUT2D eigenvalue weighted by Gasteiger charge is 2.54. The number of aromatic nitrogens is 3. The predicted molar refractivity (Wildman–Crippen MR) is 125 cm³/mol. The molecule has 0 radical (unpaired) electrons. The molecule has 1 saturated heterocycles. The van der Waals surface area contributed by atoms with E-state index in [0.717, 1.165) is 0 Å². The maximum absolute atomic E-state index is 11.8. The average molecular weight is 566 g/mol. The Morgan fingerprint density at radius 3 is 2.49 bits per heavy atom. The quantitative estimate of drug-likeness (QED) is 0.126. The third-order valence-corrected chi connectivity index (χ3v) is 7.37. The van der Waals surface area contributed by atoms with Gasteiger partial charge in [-0.05, 0) is 26.7 Å². The number of nitrogens with zero attached hydrogens (tertiary/aromatic N) is 3. The van der Waals surface area contributed by atoms with Crippen molar-refractivity contribution in [1.29, 1.82) is 0 Å². The fourth-order valence-corrected chi connectivity index (χ4v) is 5.26. The number of aliphatic hydroxyl groups excluding tert-OH is 1. The molecule has 2 aromatic heterocycles. The topological polar surface area (TPSA) is 238 Å². The van der Waals surface area contributed by atoms with E-state index in [1.807, 2.05) is 0 Å². The summed E-state index contributed by atoms with van der Waals surface area (Å²) in [6.07, 6.45) is -2.62. The second-order valence-corrected chi connectivity index (χ2v) is 10.8. The number of phosphoric ester groups is 1. The summed E-state index contributed by atoms with van der Waals surface area (Å²) in [5, 5.41) is 22.0. The number of ether oxygens (including phenoxy) is 3. The van der Waals surface area contributed by atoms with Gasteiger partial charge >= 0.3 is 15.6 Å². The molecule has 0 saturated carbocycles. The molecule has 2 aromatic rings. The van der Waals surface area contributed by atoms with E-state index in [1.165, 1.54) is 24.0 Å². The zero-order chi connectivity index (χ0) is 27.6. The summed E-state index contributed by atoms with van der Waals surface area (Å²) < 4.78 is 48.8. The summed E-state index contributed by atoms with van der Waals surface area (Å²) in [5.74, 6) is 5.80. The molecule has 3 heterocycles. The average Bonchev–Trinajstić information content (AvgIpc) is 3.25. The van der Waals surface area contributed by atoms with Gasteiger partial charge in [-0.3, -0.25) is 4.52 Å². The first kappa shape index (κ1) is 29.6. The molecule has 0 bridgehead atoms. The molecule has 37 heavy (non-hydrogen) atoms. The molecular weight excluding hydrogens is 538 g/mol. The molecule has 206 valence electrons. The van der Waals surface area contributed by atoms with Crippen LogP contribution >= 0.6 is 15.6 Å². The van der Waals surface area contributed by atoms with Crippen molar-refractivity contribution >= 4 is 32.5 Å². The summed E-state index contributed by atoms with van der Waals surface area (Å²) in [5.41, 5.74) is 4.58. The lowest BCUT2D eigenvalue weighted by molar-refractivity contribution is -0.0970. The van der Waals surface area contributed by atoms with Gasteiger partial charge in [-0.15, -0.1) is 0 Å². The van der Waals surface area contributed by atoms with Crippen molar-refractivity contribution in [2.45, 2.75) is 51.1 Å². The molecule has 0 aliphatic carbocycles. The van der Waals surface area contributed by atoms with Crippen LogP contribution in [-0.4, -0.2) is 83.3 Å². The first-order chi connectivity index (χ1) is 17.2. The maximum Gasteiger partial charge on any atom is 0.481 e. The van der Waals surface area contributed by atoms with Gasteiger partial charge in [-0.2, -0.15) is 4.31 Å². The van der Waals surface area contributed by atoms with E-state index in [2.05, 4.69) is 30.6 Å². The molecule has 3 rings (SSSR count). The molecule has 0 aromatic carbocycles. The van der Waals surface area contributed by atoms with E-state index in [1.54, 1.807) is 13.8 Å². The largest absolute Gasteiger partial charge is 0.481 e.